The summed E-state index contributed by atoms with van der Waals surface area (Å²) < 4.78 is 8.67. The van der Waals surface area contributed by atoms with E-state index in [1.165, 1.54) is 24.0 Å². The van der Waals surface area contributed by atoms with E-state index in [1.807, 2.05) is 24.3 Å². The maximum Gasteiger partial charge on any atom is 0.414 e. The van der Waals surface area contributed by atoms with Gasteiger partial charge in [0.25, 0.3) is 0 Å². The molecule has 4 rings (SSSR count). The molecule has 3 aromatic rings. The summed E-state index contributed by atoms with van der Waals surface area (Å²) in [7, 11) is 0. The Morgan fingerprint density at radius 3 is 2.05 bits per heavy atom. The number of carboxylic acids is 2. The van der Waals surface area contributed by atoms with Crippen molar-refractivity contribution < 1.29 is 34.1 Å². The van der Waals surface area contributed by atoms with Crippen LogP contribution in [-0.4, -0.2) is 79.6 Å². The van der Waals surface area contributed by atoms with Gasteiger partial charge in [0.1, 0.15) is 6.10 Å². The SMILES string of the molecule is CC(=O)OC(CSc1ccc(C)cc1)CN1CCC(n2c(=O)n(C(C)=O)c3ccccc32)CC1.O=C(O)C(=O)O. The van der Waals surface area contributed by atoms with Gasteiger partial charge >= 0.3 is 23.6 Å². The molecule has 1 aliphatic rings. The smallest absolute Gasteiger partial charge is 0.414 e. The zero-order valence-corrected chi connectivity index (χ0v) is 23.4. The van der Waals surface area contributed by atoms with Crippen LogP contribution in [0.1, 0.15) is 43.1 Å². The van der Waals surface area contributed by atoms with Crippen molar-refractivity contribution >= 4 is 46.6 Å². The number of aromatic nitrogens is 2. The van der Waals surface area contributed by atoms with E-state index in [9.17, 15) is 14.4 Å². The number of carbonyl (C=O) groups is 4. The molecule has 40 heavy (non-hydrogen) atoms. The molecule has 12 heteroatoms. The molecule has 0 aliphatic carbocycles. The molecule has 2 aromatic carbocycles. The minimum atomic E-state index is -1.82. The van der Waals surface area contributed by atoms with Crippen LogP contribution in [0.25, 0.3) is 11.0 Å². The lowest BCUT2D eigenvalue weighted by atomic mass is 10.0. The number of esters is 1. The number of aryl methyl sites for hydroxylation is 1. The highest BCUT2D eigenvalue weighted by atomic mass is 32.2. The molecule has 0 amide bonds. The predicted molar refractivity (Wildman–Crippen MR) is 150 cm³/mol. The number of piperidine rings is 1. The summed E-state index contributed by atoms with van der Waals surface area (Å²) in [5.41, 5.74) is 2.41. The number of carboxylic acid groups (broad SMARTS) is 2. The average molecular weight is 572 g/mol. The number of para-hydroxylation sites is 2. The molecule has 11 nitrogen and oxygen atoms in total. The molecule has 1 unspecified atom stereocenters. The van der Waals surface area contributed by atoms with E-state index in [2.05, 4.69) is 36.1 Å². The van der Waals surface area contributed by atoms with Gasteiger partial charge in [-0.3, -0.25) is 19.1 Å². The first kappa shape index (κ1) is 30.6. The Morgan fingerprint density at radius 2 is 1.52 bits per heavy atom. The predicted octanol–water partition coefficient (Wildman–Crippen LogP) is 3.29. The number of aliphatic carboxylic acids is 2. The fourth-order valence-electron chi connectivity index (χ4n) is 4.66. The standard InChI is InChI=1S/C26H31N3O4S.C2H2O4/c1-18-8-10-23(11-9-18)34-17-22(33-20(3)31)16-27-14-12-21(13-15-27)29-25-7-5-4-6-24(25)28(19(2)30)26(29)32;3-1(4)2(5)6/h4-11,21-22H,12-17H2,1-3H3;(H,3,4)(H,5,6). The van der Waals surface area contributed by atoms with Crippen molar-refractivity contribution in [1.29, 1.82) is 0 Å². The minimum absolute atomic E-state index is 0.0309. The van der Waals surface area contributed by atoms with Crippen LogP contribution in [0.15, 0.2) is 58.2 Å². The maximum atomic E-state index is 13.1. The number of ether oxygens (including phenoxy) is 1. The normalized spacial score (nSPS) is 14.7. The monoisotopic (exact) mass is 571 g/mol. The van der Waals surface area contributed by atoms with Crippen molar-refractivity contribution in [2.24, 2.45) is 0 Å². The summed E-state index contributed by atoms with van der Waals surface area (Å²) in [5, 5.41) is 14.8. The van der Waals surface area contributed by atoms with Crippen LogP contribution in [0.2, 0.25) is 0 Å². The van der Waals surface area contributed by atoms with Crippen molar-refractivity contribution in [2.45, 2.75) is 50.7 Å². The molecule has 1 atom stereocenters. The van der Waals surface area contributed by atoms with Crippen molar-refractivity contribution in [1.82, 2.24) is 14.0 Å². The quantitative estimate of drug-likeness (QED) is 0.246. The molecule has 2 N–H and O–H groups in total. The zero-order chi connectivity index (χ0) is 29.4. The topological polar surface area (TPSA) is 148 Å². The van der Waals surface area contributed by atoms with Gasteiger partial charge in [-0.1, -0.05) is 29.8 Å². The van der Waals surface area contributed by atoms with Gasteiger partial charge < -0.3 is 14.9 Å². The van der Waals surface area contributed by atoms with Crippen molar-refractivity contribution in [3.05, 3.63) is 64.6 Å². The molecular formula is C28H33N3O8S. The largest absolute Gasteiger partial charge is 0.473 e. The lowest BCUT2D eigenvalue weighted by molar-refractivity contribution is -0.159. The average Bonchev–Trinajstić information content (AvgIpc) is 3.20. The third-order valence-corrected chi connectivity index (χ3v) is 7.59. The maximum absolute atomic E-state index is 13.1. The molecule has 1 fully saturated rings. The van der Waals surface area contributed by atoms with Crippen LogP contribution in [0.5, 0.6) is 0 Å². The number of nitrogens with zero attached hydrogens (tertiary/aromatic N) is 3. The molecule has 0 spiro atoms. The summed E-state index contributed by atoms with van der Waals surface area (Å²) in [6, 6.07) is 15.8. The number of likely N-dealkylation sites (tertiary alicyclic amines) is 1. The second-order valence-corrected chi connectivity index (χ2v) is 10.6. The first-order chi connectivity index (χ1) is 19.0. The fourth-order valence-corrected chi connectivity index (χ4v) is 5.54. The molecule has 0 radical (unpaired) electrons. The Labute approximate surface area is 235 Å². The number of fused-ring (bicyclic) bond motifs is 1. The molecule has 2 heterocycles. The molecule has 0 bridgehead atoms. The molecule has 1 saturated heterocycles. The fraction of sp³-hybridized carbons (Fsp3) is 0.393. The van der Waals surface area contributed by atoms with Gasteiger partial charge in [0.15, 0.2) is 0 Å². The third kappa shape index (κ3) is 8.06. The molecule has 0 saturated carbocycles. The van der Waals surface area contributed by atoms with E-state index in [4.69, 9.17) is 24.5 Å². The summed E-state index contributed by atoms with van der Waals surface area (Å²) >= 11 is 1.69. The number of benzene rings is 2. The molecule has 1 aromatic heterocycles. The van der Waals surface area contributed by atoms with Gasteiger partial charge in [0.05, 0.1) is 11.0 Å². The number of carbonyl (C=O) groups excluding carboxylic acids is 2. The first-order valence-corrected chi connectivity index (χ1v) is 13.7. The highest BCUT2D eigenvalue weighted by Gasteiger charge is 2.27. The summed E-state index contributed by atoms with van der Waals surface area (Å²) in [6.45, 7) is 7.19. The molecule has 214 valence electrons. The number of hydrogen-bond acceptors (Lipinski definition) is 8. The van der Waals surface area contributed by atoms with Gasteiger partial charge in [0, 0.05) is 50.2 Å². The van der Waals surface area contributed by atoms with Crippen molar-refractivity contribution in [2.75, 3.05) is 25.4 Å². The molecule has 1 aliphatic heterocycles. The Hall–Kier alpha value is -3.90. The molecular weight excluding hydrogens is 538 g/mol. The third-order valence-electron chi connectivity index (χ3n) is 6.45. The number of thioether (sulfide) groups is 1. The van der Waals surface area contributed by atoms with Crippen molar-refractivity contribution in [3.8, 4) is 0 Å². The van der Waals surface area contributed by atoms with Crippen LogP contribution < -0.4 is 5.69 Å². The van der Waals surface area contributed by atoms with Crippen LogP contribution >= 0.6 is 11.8 Å². The lowest BCUT2D eigenvalue weighted by Gasteiger charge is -2.34. The Bertz CT molecular complexity index is 1410. The highest BCUT2D eigenvalue weighted by Crippen LogP contribution is 2.27. The highest BCUT2D eigenvalue weighted by molar-refractivity contribution is 7.99. The van der Waals surface area contributed by atoms with Gasteiger partial charge in [-0.15, -0.1) is 11.8 Å². The Balaban J connectivity index is 0.000000663. The van der Waals surface area contributed by atoms with E-state index in [0.717, 1.165) is 36.3 Å². The minimum Gasteiger partial charge on any atom is -0.473 e. The van der Waals surface area contributed by atoms with E-state index in [0.29, 0.717) is 17.8 Å². The van der Waals surface area contributed by atoms with Crippen LogP contribution in [0.4, 0.5) is 0 Å². The number of hydrogen-bond donors (Lipinski definition) is 2. The van der Waals surface area contributed by atoms with Gasteiger partial charge in [-0.2, -0.15) is 0 Å². The number of rotatable bonds is 7. The van der Waals surface area contributed by atoms with E-state index in [1.54, 1.807) is 16.3 Å². The van der Waals surface area contributed by atoms with Crippen LogP contribution in [-0.2, 0) is 19.1 Å². The lowest BCUT2D eigenvalue weighted by Crippen LogP contribution is -2.43. The Morgan fingerprint density at radius 1 is 0.950 bits per heavy atom. The van der Waals surface area contributed by atoms with E-state index < -0.39 is 11.9 Å². The zero-order valence-electron chi connectivity index (χ0n) is 22.6. The number of imidazole rings is 1. The Kier molecular flexibility index (Phi) is 10.7. The van der Waals surface area contributed by atoms with Crippen molar-refractivity contribution in [3.63, 3.8) is 0 Å². The van der Waals surface area contributed by atoms with Crippen LogP contribution in [0.3, 0.4) is 0 Å². The van der Waals surface area contributed by atoms with Crippen LogP contribution in [0, 0.1) is 6.92 Å². The summed E-state index contributed by atoms with van der Waals surface area (Å²) in [4.78, 5) is 58.5. The van der Waals surface area contributed by atoms with E-state index >= 15 is 0 Å². The van der Waals surface area contributed by atoms with E-state index in [-0.39, 0.29) is 29.7 Å². The first-order valence-electron chi connectivity index (χ1n) is 12.8. The van der Waals surface area contributed by atoms with Gasteiger partial charge in [-0.25, -0.2) is 19.0 Å². The summed E-state index contributed by atoms with van der Waals surface area (Å²) in [6.07, 6.45) is 1.38. The summed E-state index contributed by atoms with van der Waals surface area (Å²) in [5.74, 6) is -3.50. The second-order valence-electron chi connectivity index (χ2n) is 9.49. The second kappa shape index (κ2) is 13.9. The van der Waals surface area contributed by atoms with Gasteiger partial charge in [0.2, 0.25) is 5.91 Å². The van der Waals surface area contributed by atoms with Gasteiger partial charge in [-0.05, 0) is 44.0 Å².